The number of aromatic nitrogens is 1. The minimum atomic E-state index is -0.467. The van der Waals surface area contributed by atoms with E-state index in [4.69, 9.17) is 11.6 Å². The Balaban J connectivity index is 2.58. The second kappa shape index (κ2) is 7.94. The maximum absolute atomic E-state index is 10.9. The van der Waals surface area contributed by atoms with Crippen LogP contribution in [0.3, 0.4) is 0 Å². The smallest absolute Gasteiger partial charge is 0.312 e. The number of nitro groups is 1. The summed E-state index contributed by atoms with van der Waals surface area (Å²) in [6, 6.07) is 1.48. The molecule has 0 fully saturated rings. The second-order valence-corrected chi connectivity index (χ2v) is 5.11. The van der Waals surface area contributed by atoms with E-state index in [-0.39, 0.29) is 22.6 Å². The fraction of sp³-hybridized carbons (Fsp3) is 0.615. The first-order chi connectivity index (χ1) is 9.04. The third-order valence-electron chi connectivity index (χ3n) is 2.90. The van der Waals surface area contributed by atoms with Gasteiger partial charge in [-0.05, 0) is 13.3 Å². The third kappa shape index (κ3) is 5.42. The maximum Gasteiger partial charge on any atom is 0.312 e. The molecule has 1 aromatic rings. The summed E-state index contributed by atoms with van der Waals surface area (Å²) in [5.41, 5.74) is -0.0760. The number of rotatable bonds is 8. The molecule has 0 aliphatic carbocycles. The molecule has 1 heterocycles. The molecule has 5 nitrogen and oxygen atoms in total. The van der Waals surface area contributed by atoms with E-state index in [2.05, 4.69) is 17.2 Å². The van der Waals surface area contributed by atoms with Crippen molar-refractivity contribution in [1.82, 2.24) is 4.98 Å². The van der Waals surface area contributed by atoms with E-state index in [9.17, 15) is 10.1 Å². The average molecular weight is 286 g/mol. The number of hydrogen-bond acceptors (Lipinski definition) is 4. The fourth-order valence-electron chi connectivity index (χ4n) is 1.86. The van der Waals surface area contributed by atoms with Gasteiger partial charge >= 0.3 is 5.69 Å². The van der Waals surface area contributed by atoms with Crippen LogP contribution in [0.25, 0.3) is 0 Å². The SMILES string of the molecule is CCCCCCC(C)Nc1ncc(Cl)cc1[N+](=O)[O-]. The lowest BCUT2D eigenvalue weighted by Gasteiger charge is -2.14. The van der Waals surface area contributed by atoms with Crippen LogP contribution in [0.1, 0.15) is 46.0 Å². The number of anilines is 1. The highest BCUT2D eigenvalue weighted by atomic mass is 35.5. The minimum Gasteiger partial charge on any atom is -0.362 e. The molecule has 1 rings (SSSR count). The van der Waals surface area contributed by atoms with Gasteiger partial charge in [0.2, 0.25) is 5.82 Å². The summed E-state index contributed by atoms with van der Waals surface area (Å²) in [6.45, 7) is 4.18. The Hall–Kier alpha value is -1.36. The van der Waals surface area contributed by atoms with Gasteiger partial charge in [-0.15, -0.1) is 0 Å². The number of halogens is 1. The zero-order valence-electron chi connectivity index (χ0n) is 11.4. The Bertz CT molecular complexity index is 426. The van der Waals surface area contributed by atoms with Crippen molar-refractivity contribution in [2.24, 2.45) is 0 Å². The molecule has 0 spiro atoms. The Morgan fingerprint density at radius 1 is 1.47 bits per heavy atom. The molecule has 19 heavy (non-hydrogen) atoms. The lowest BCUT2D eigenvalue weighted by atomic mass is 10.1. The van der Waals surface area contributed by atoms with E-state index in [0.29, 0.717) is 0 Å². The Kier molecular flexibility index (Phi) is 6.56. The topological polar surface area (TPSA) is 68.1 Å². The van der Waals surface area contributed by atoms with Crippen molar-refractivity contribution in [2.75, 3.05) is 5.32 Å². The lowest BCUT2D eigenvalue weighted by Crippen LogP contribution is -2.17. The standard InChI is InChI=1S/C13H20ClN3O2/c1-3-4-5-6-7-10(2)16-13-12(17(18)19)8-11(14)9-15-13/h8-10H,3-7H2,1-2H3,(H,15,16). The van der Waals surface area contributed by atoms with Crippen molar-refractivity contribution >= 4 is 23.1 Å². The first kappa shape index (κ1) is 15.7. The van der Waals surface area contributed by atoms with E-state index in [1.165, 1.54) is 31.5 Å². The quantitative estimate of drug-likeness (QED) is 0.436. The van der Waals surface area contributed by atoms with Crippen LogP contribution in [-0.2, 0) is 0 Å². The summed E-state index contributed by atoms with van der Waals surface area (Å²) >= 11 is 5.72. The van der Waals surface area contributed by atoms with Crippen molar-refractivity contribution < 1.29 is 4.92 Å². The molecule has 0 bridgehead atoms. The van der Waals surface area contributed by atoms with Crippen molar-refractivity contribution in [3.8, 4) is 0 Å². The molecule has 0 radical (unpaired) electrons. The molecule has 1 aromatic heterocycles. The third-order valence-corrected chi connectivity index (χ3v) is 3.11. The van der Waals surface area contributed by atoms with Gasteiger partial charge in [-0.3, -0.25) is 10.1 Å². The Morgan fingerprint density at radius 2 is 2.21 bits per heavy atom. The number of hydrogen-bond donors (Lipinski definition) is 1. The zero-order chi connectivity index (χ0) is 14.3. The summed E-state index contributed by atoms with van der Waals surface area (Å²) in [4.78, 5) is 14.5. The van der Waals surface area contributed by atoms with Crippen LogP contribution in [0.5, 0.6) is 0 Å². The van der Waals surface area contributed by atoms with Crippen LogP contribution in [0.4, 0.5) is 11.5 Å². The van der Waals surface area contributed by atoms with Crippen LogP contribution in [-0.4, -0.2) is 15.9 Å². The average Bonchev–Trinajstić information content (AvgIpc) is 2.36. The molecule has 0 aromatic carbocycles. The normalized spacial score (nSPS) is 12.2. The molecule has 0 saturated heterocycles. The molecular formula is C13H20ClN3O2. The summed E-state index contributed by atoms with van der Waals surface area (Å²) in [5.74, 6) is 0.289. The predicted octanol–water partition coefficient (Wildman–Crippen LogP) is 4.41. The molecular weight excluding hydrogens is 266 g/mol. The van der Waals surface area contributed by atoms with Gasteiger partial charge in [-0.1, -0.05) is 44.2 Å². The van der Waals surface area contributed by atoms with E-state index in [1.54, 1.807) is 0 Å². The number of nitrogens with zero attached hydrogens (tertiary/aromatic N) is 2. The molecule has 106 valence electrons. The van der Waals surface area contributed by atoms with Gasteiger partial charge in [0.1, 0.15) is 0 Å². The van der Waals surface area contributed by atoms with E-state index < -0.39 is 4.92 Å². The van der Waals surface area contributed by atoms with Crippen LogP contribution >= 0.6 is 11.6 Å². The maximum atomic E-state index is 10.9. The predicted molar refractivity (Wildman–Crippen MR) is 77.7 cm³/mol. The molecule has 6 heteroatoms. The Labute approximate surface area is 118 Å². The lowest BCUT2D eigenvalue weighted by molar-refractivity contribution is -0.384. The molecule has 0 amide bonds. The Morgan fingerprint density at radius 3 is 2.84 bits per heavy atom. The summed E-state index contributed by atoms with van der Waals surface area (Å²) in [5, 5.41) is 14.3. The van der Waals surface area contributed by atoms with Crippen molar-refractivity contribution in [3.05, 3.63) is 27.4 Å². The summed E-state index contributed by atoms with van der Waals surface area (Å²) < 4.78 is 0. The molecule has 1 unspecified atom stereocenters. The largest absolute Gasteiger partial charge is 0.362 e. The van der Waals surface area contributed by atoms with Crippen molar-refractivity contribution in [1.29, 1.82) is 0 Å². The molecule has 1 atom stereocenters. The van der Waals surface area contributed by atoms with Gasteiger partial charge in [0, 0.05) is 18.3 Å². The molecule has 1 N–H and O–H groups in total. The summed E-state index contributed by atoms with van der Waals surface area (Å²) in [6.07, 6.45) is 7.13. The van der Waals surface area contributed by atoms with Gasteiger partial charge < -0.3 is 5.32 Å². The fourth-order valence-corrected chi connectivity index (χ4v) is 2.01. The van der Waals surface area contributed by atoms with Crippen molar-refractivity contribution in [3.63, 3.8) is 0 Å². The van der Waals surface area contributed by atoms with Crippen LogP contribution in [0.2, 0.25) is 5.02 Å². The number of nitrogens with one attached hydrogen (secondary N) is 1. The number of unbranched alkanes of at least 4 members (excludes halogenated alkanes) is 3. The van der Waals surface area contributed by atoms with E-state index >= 15 is 0 Å². The number of pyridine rings is 1. The van der Waals surface area contributed by atoms with Crippen LogP contribution in [0, 0.1) is 10.1 Å². The van der Waals surface area contributed by atoms with Gasteiger partial charge in [0.25, 0.3) is 0 Å². The minimum absolute atomic E-state index is 0.0760. The zero-order valence-corrected chi connectivity index (χ0v) is 12.1. The van der Waals surface area contributed by atoms with Gasteiger partial charge in [-0.2, -0.15) is 0 Å². The van der Waals surface area contributed by atoms with Crippen LogP contribution < -0.4 is 5.32 Å². The molecule has 0 aliphatic heterocycles. The van der Waals surface area contributed by atoms with Gasteiger partial charge in [-0.25, -0.2) is 4.98 Å². The highest BCUT2D eigenvalue weighted by Gasteiger charge is 2.17. The molecule has 0 aliphatic rings. The van der Waals surface area contributed by atoms with Gasteiger partial charge in [0.05, 0.1) is 9.95 Å². The first-order valence-corrected chi connectivity index (χ1v) is 6.98. The van der Waals surface area contributed by atoms with E-state index in [1.807, 2.05) is 6.92 Å². The highest BCUT2D eigenvalue weighted by Crippen LogP contribution is 2.26. The molecule has 0 saturated carbocycles. The first-order valence-electron chi connectivity index (χ1n) is 6.61. The second-order valence-electron chi connectivity index (χ2n) is 4.67. The van der Waals surface area contributed by atoms with Gasteiger partial charge in [0.15, 0.2) is 0 Å². The van der Waals surface area contributed by atoms with Crippen LogP contribution in [0.15, 0.2) is 12.3 Å². The monoisotopic (exact) mass is 285 g/mol. The van der Waals surface area contributed by atoms with E-state index in [0.717, 1.165) is 12.8 Å². The summed E-state index contributed by atoms with van der Waals surface area (Å²) in [7, 11) is 0. The van der Waals surface area contributed by atoms with Crippen molar-refractivity contribution in [2.45, 2.75) is 52.0 Å². The highest BCUT2D eigenvalue weighted by molar-refractivity contribution is 6.30.